The van der Waals surface area contributed by atoms with Gasteiger partial charge in [0.25, 0.3) is 0 Å². The number of thiazole rings is 1. The van der Waals surface area contributed by atoms with Gasteiger partial charge in [-0.05, 0) is 32.6 Å². The Balaban J connectivity index is 1.61. The molecule has 2 fully saturated rings. The Hall–Kier alpha value is -1.43. The van der Waals surface area contributed by atoms with E-state index >= 15 is 0 Å². The number of aromatic nitrogens is 3. The summed E-state index contributed by atoms with van der Waals surface area (Å²) in [5.41, 5.74) is 1.14. The summed E-state index contributed by atoms with van der Waals surface area (Å²) in [6, 6.07) is 0.979. The fraction of sp³-hybridized carbons (Fsp3) is 0.615. The zero-order valence-electron chi connectivity index (χ0n) is 10.9. The quantitative estimate of drug-likeness (QED) is 0.862. The zero-order chi connectivity index (χ0) is 12.8. The van der Waals surface area contributed by atoms with Crippen LogP contribution in [0.3, 0.4) is 0 Å². The minimum Gasteiger partial charge on any atom is -0.408 e. The predicted octanol–water partition coefficient (Wildman–Crippen LogP) is 3.05. The van der Waals surface area contributed by atoms with Crippen molar-refractivity contribution < 1.29 is 4.42 Å². The molecule has 1 unspecified atom stereocenters. The van der Waals surface area contributed by atoms with Gasteiger partial charge in [0.1, 0.15) is 0 Å². The van der Waals surface area contributed by atoms with E-state index in [9.17, 15) is 0 Å². The van der Waals surface area contributed by atoms with Crippen LogP contribution in [0.2, 0.25) is 0 Å². The molecule has 0 amide bonds. The molecule has 0 N–H and O–H groups in total. The summed E-state index contributed by atoms with van der Waals surface area (Å²) in [6.07, 6.45) is 4.65. The Labute approximate surface area is 115 Å². The van der Waals surface area contributed by atoms with Gasteiger partial charge >= 0.3 is 6.01 Å². The molecule has 100 valence electrons. The molecular weight excluding hydrogens is 260 g/mol. The Bertz CT molecular complexity index is 589. The Morgan fingerprint density at radius 3 is 2.95 bits per heavy atom. The van der Waals surface area contributed by atoms with Gasteiger partial charge in [-0.15, -0.1) is 16.4 Å². The second-order valence-electron chi connectivity index (χ2n) is 5.34. The number of nitrogens with zero attached hydrogens (tertiary/aromatic N) is 4. The third-order valence-electron chi connectivity index (χ3n) is 3.83. The molecule has 2 aromatic heterocycles. The van der Waals surface area contributed by atoms with Crippen LogP contribution in [0.25, 0.3) is 0 Å². The van der Waals surface area contributed by atoms with Crippen molar-refractivity contribution in [2.45, 2.75) is 44.6 Å². The molecule has 5 nitrogen and oxygen atoms in total. The lowest BCUT2D eigenvalue weighted by Crippen LogP contribution is -2.23. The first-order valence-corrected chi connectivity index (χ1v) is 7.71. The van der Waals surface area contributed by atoms with Crippen LogP contribution in [-0.4, -0.2) is 21.7 Å². The SMILES string of the molecule is Cc1nc(C2CCCN2c2nnc(C3CC3)o2)cs1. The normalized spacial score (nSPS) is 23.2. The number of hydrogen-bond acceptors (Lipinski definition) is 6. The zero-order valence-corrected chi connectivity index (χ0v) is 11.7. The van der Waals surface area contributed by atoms with E-state index < -0.39 is 0 Å². The van der Waals surface area contributed by atoms with E-state index in [4.69, 9.17) is 4.42 Å². The molecule has 1 saturated heterocycles. The van der Waals surface area contributed by atoms with Gasteiger partial charge in [0, 0.05) is 17.8 Å². The first kappa shape index (κ1) is 11.4. The lowest BCUT2D eigenvalue weighted by Gasteiger charge is -2.20. The van der Waals surface area contributed by atoms with Gasteiger partial charge in [0.05, 0.1) is 16.7 Å². The van der Waals surface area contributed by atoms with Crippen molar-refractivity contribution in [3.05, 3.63) is 22.0 Å². The largest absolute Gasteiger partial charge is 0.408 e. The summed E-state index contributed by atoms with van der Waals surface area (Å²) < 4.78 is 5.83. The molecule has 0 spiro atoms. The van der Waals surface area contributed by atoms with Crippen molar-refractivity contribution in [1.82, 2.24) is 15.2 Å². The first-order chi connectivity index (χ1) is 9.31. The molecule has 2 aliphatic rings. The van der Waals surface area contributed by atoms with Gasteiger partial charge < -0.3 is 9.32 Å². The van der Waals surface area contributed by atoms with Crippen LogP contribution >= 0.6 is 11.3 Å². The van der Waals surface area contributed by atoms with Crippen molar-refractivity contribution in [3.8, 4) is 0 Å². The maximum Gasteiger partial charge on any atom is 0.318 e. The molecule has 1 aliphatic heterocycles. The second kappa shape index (κ2) is 4.30. The third kappa shape index (κ3) is 2.04. The van der Waals surface area contributed by atoms with Crippen molar-refractivity contribution in [2.24, 2.45) is 0 Å². The lowest BCUT2D eigenvalue weighted by molar-refractivity contribution is 0.479. The van der Waals surface area contributed by atoms with Gasteiger partial charge in [-0.3, -0.25) is 0 Å². The molecule has 0 bridgehead atoms. The maximum atomic E-state index is 5.83. The van der Waals surface area contributed by atoms with Gasteiger partial charge in [0.15, 0.2) is 0 Å². The molecule has 4 rings (SSSR count). The summed E-state index contributed by atoms with van der Waals surface area (Å²) in [6.45, 7) is 3.03. The summed E-state index contributed by atoms with van der Waals surface area (Å²) in [5.74, 6) is 1.33. The minimum absolute atomic E-state index is 0.303. The molecule has 1 saturated carbocycles. The van der Waals surface area contributed by atoms with E-state index in [0.717, 1.165) is 36.0 Å². The number of hydrogen-bond donors (Lipinski definition) is 0. The van der Waals surface area contributed by atoms with E-state index in [1.807, 2.05) is 6.92 Å². The van der Waals surface area contributed by atoms with Crippen LogP contribution in [0, 0.1) is 6.92 Å². The number of rotatable bonds is 3. The van der Waals surface area contributed by atoms with Gasteiger partial charge in [-0.2, -0.15) is 0 Å². The Morgan fingerprint density at radius 2 is 2.21 bits per heavy atom. The standard InChI is InChI=1S/C13H16N4OS/c1-8-14-10(7-19-8)11-3-2-6-17(11)13-16-15-12(18-13)9-4-5-9/h7,9,11H,2-6H2,1H3. The second-order valence-corrected chi connectivity index (χ2v) is 6.40. The van der Waals surface area contributed by atoms with E-state index in [0.29, 0.717) is 18.0 Å². The van der Waals surface area contributed by atoms with Crippen molar-refractivity contribution in [2.75, 3.05) is 11.4 Å². The van der Waals surface area contributed by atoms with Crippen LogP contribution in [0.15, 0.2) is 9.80 Å². The van der Waals surface area contributed by atoms with Crippen LogP contribution in [0.1, 0.15) is 54.2 Å². The minimum atomic E-state index is 0.303. The third-order valence-corrected chi connectivity index (χ3v) is 4.62. The van der Waals surface area contributed by atoms with Gasteiger partial charge in [-0.1, -0.05) is 5.10 Å². The van der Waals surface area contributed by atoms with Crippen molar-refractivity contribution in [1.29, 1.82) is 0 Å². The highest BCUT2D eigenvalue weighted by atomic mass is 32.1. The molecule has 3 heterocycles. The molecular formula is C13H16N4OS. The van der Waals surface area contributed by atoms with Crippen molar-refractivity contribution in [3.63, 3.8) is 0 Å². The highest BCUT2D eigenvalue weighted by Gasteiger charge is 2.34. The van der Waals surface area contributed by atoms with Gasteiger partial charge in [0.2, 0.25) is 5.89 Å². The Kier molecular flexibility index (Phi) is 2.58. The fourth-order valence-corrected chi connectivity index (χ4v) is 3.33. The molecule has 1 atom stereocenters. The molecule has 0 radical (unpaired) electrons. The smallest absolute Gasteiger partial charge is 0.318 e. The highest BCUT2D eigenvalue weighted by Crippen LogP contribution is 2.41. The van der Waals surface area contributed by atoms with E-state index in [2.05, 4.69) is 25.5 Å². The van der Waals surface area contributed by atoms with Crippen LogP contribution in [0.4, 0.5) is 6.01 Å². The van der Waals surface area contributed by atoms with Crippen LogP contribution in [-0.2, 0) is 0 Å². The molecule has 6 heteroatoms. The summed E-state index contributed by atoms with van der Waals surface area (Å²) >= 11 is 1.70. The molecule has 1 aliphatic carbocycles. The fourth-order valence-electron chi connectivity index (χ4n) is 2.67. The maximum absolute atomic E-state index is 5.83. The van der Waals surface area contributed by atoms with E-state index in [1.165, 1.54) is 12.8 Å². The molecule has 0 aromatic carbocycles. The van der Waals surface area contributed by atoms with Gasteiger partial charge in [-0.25, -0.2) is 4.98 Å². The van der Waals surface area contributed by atoms with E-state index in [1.54, 1.807) is 11.3 Å². The van der Waals surface area contributed by atoms with E-state index in [-0.39, 0.29) is 0 Å². The summed E-state index contributed by atoms with van der Waals surface area (Å²) in [7, 11) is 0. The summed E-state index contributed by atoms with van der Waals surface area (Å²) in [4.78, 5) is 6.83. The van der Waals surface area contributed by atoms with Crippen molar-refractivity contribution >= 4 is 17.4 Å². The van der Waals surface area contributed by atoms with Crippen LogP contribution < -0.4 is 4.90 Å². The molecule has 2 aromatic rings. The topological polar surface area (TPSA) is 55.1 Å². The average molecular weight is 276 g/mol. The molecule has 19 heavy (non-hydrogen) atoms. The predicted molar refractivity (Wildman–Crippen MR) is 72.4 cm³/mol. The monoisotopic (exact) mass is 276 g/mol. The van der Waals surface area contributed by atoms with Crippen LogP contribution in [0.5, 0.6) is 0 Å². The number of aryl methyl sites for hydroxylation is 1. The first-order valence-electron chi connectivity index (χ1n) is 6.83. The lowest BCUT2D eigenvalue weighted by atomic mass is 10.2. The summed E-state index contributed by atoms with van der Waals surface area (Å²) in [5, 5.41) is 11.7. The Morgan fingerprint density at radius 1 is 1.32 bits per heavy atom. The average Bonchev–Trinajstić information content (AvgIpc) is 2.84. The highest BCUT2D eigenvalue weighted by molar-refractivity contribution is 7.09. The number of anilines is 1.